The van der Waals surface area contributed by atoms with Crippen LogP contribution in [0, 0.1) is 0 Å². The highest BCUT2D eigenvalue weighted by atomic mass is 35.5. The Morgan fingerprint density at radius 1 is 1.09 bits per heavy atom. The van der Waals surface area contributed by atoms with E-state index in [1.807, 2.05) is 0 Å². The Labute approximate surface area is 194 Å². The molecule has 2 aromatic rings. The van der Waals surface area contributed by atoms with Crippen molar-refractivity contribution in [2.45, 2.75) is 44.1 Å². The molecule has 1 heterocycles. The highest BCUT2D eigenvalue weighted by Gasteiger charge is 2.62. The van der Waals surface area contributed by atoms with Gasteiger partial charge in [-0.05, 0) is 36.2 Å². The lowest BCUT2D eigenvalue weighted by atomic mass is 9.86. The second-order valence-electron chi connectivity index (χ2n) is 7.35. The summed E-state index contributed by atoms with van der Waals surface area (Å²) < 4.78 is 79.9. The standard InChI is InChI=1S/C21H16Cl2F6N2O2/c1-2-11-3-4-12(5-16(11)30-18(32)10-20(24,25)26)17-9-19(33-31-17,21(27,28)29)13-6-14(22)8-15(23)7-13/h3-8H,2,9-10H2,1H3,(H,30,32). The third-order valence-electron chi connectivity index (χ3n) is 4.97. The molecule has 0 aromatic heterocycles. The predicted molar refractivity (Wildman–Crippen MR) is 112 cm³/mol. The zero-order valence-corrected chi connectivity index (χ0v) is 18.4. The summed E-state index contributed by atoms with van der Waals surface area (Å²) in [5, 5.41) is 5.73. The van der Waals surface area contributed by atoms with Crippen molar-refractivity contribution in [3.05, 3.63) is 63.1 Å². The van der Waals surface area contributed by atoms with Crippen molar-refractivity contribution >= 4 is 40.5 Å². The van der Waals surface area contributed by atoms with E-state index in [2.05, 4.69) is 10.5 Å². The number of nitrogens with zero attached hydrogens (tertiary/aromatic N) is 1. The van der Waals surface area contributed by atoms with Gasteiger partial charge in [-0.3, -0.25) is 4.79 Å². The minimum absolute atomic E-state index is 0.0277. The van der Waals surface area contributed by atoms with Crippen LogP contribution in [0.2, 0.25) is 10.0 Å². The van der Waals surface area contributed by atoms with Crippen LogP contribution >= 0.6 is 23.2 Å². The minimum atomic E-state index is -4.90. The maximum Gasteiger partial charge on any atom is 0.435 e. The van der Waals surface area contributed by atoms with Crippen LogP contribution in [0.1, 0.15) is 36.5 Å². The number of halogens is 8. The number of carbonyl (C=O) groups excluding carboxylic acids is 1. The van der Waals surface area contributed by atoms with Crippen molar-refractivity contribution in [3.8, 4) is 0 Å². The molecule has 1 N–H and O–H groups in total. The zero-order valence-electron chi connectivity index (χ0n) is 16.9. The van der Waals surface area contributed by atoms with Gasteiger partial charge in [-0.25, -0.2) is 0 Å². The van der Waals surface area contributed by atoms with Crippen LogP contribution in [0.5, 0.6) is 0 Å². The number of benzene rings is 2. The molecule has 0 spiro atoms. The molecular weight excluding hydrogens is 497 g/mol. The fraction of sp³-hybridized carbons (Fsp3) is 0.333. The van der Waals surface area contributed by atoms with Gasteiger partial charge in [-0.15, -0.1) is 0 Å². The Bertz CT molecular complexity index is 1080. The first-order valence-corrected chi connectivity index (χ1v) is 10.3. The normalized spacial score (nSPS) is 18.6. The predicted octanol–water partition coefficient (Wildman–Crippen LogP) is 7.03. The van der Waals surface area contributed by atoms with E-state index in [1.165, 1.54) is 24.3 Å². The summed E-state index contributed by atoms with van der Waals surface area (Å²) in [6.45, 7) is 1.71. The number of amides is 1. The van der Waals surface area contributed by atoms with Crippen LogP contribution in [0.3, 0.4) is 0 Å². The molecule has 0 fully saturated rings. The van der Waals surface area contributed by atoms with Crippen molar-refractivity contribution in [1.29, 1.82) is 0 Å². The Balaban J connectivity index is 1.95. The van der Waals surface area contributed by atoms with Gasteiger partial charge in [0.15, 0.2) is 0 Å². The summed E-state index contributed by atoms with van der Waals surface area (Å²) in [5.41, 5.74) is -2.64. The lowest BCUT2D eigenvalue weighted by Gasteiger charge is -2.29. The SMILES string of the molecule is CCc1ccc(C2=NOC(c3cc(Cl)cc(Cl)c3)(C(F)(F)F)C2)cc1NC(=O)CC(F)(F)F. The van der Waals surface area contributed by atoms with Crippen molar-refractivity contribution < 1.29 is 36.0 Å². The maximum absolute atomic E-state index is 14.1. The van der Waals surface area contributed by atoms with Crippen LogP contribution in [-0.2, 0) is 21.7 Å². The Kier molecular flexibility index (Phi) is 6.91. The van der Waals surface area contributed by atoms with E-state index in [-0.39, 0.29) is 32.6 Å². The summed E-state index contributed by atoms with van der Waals surface area (Å²) in [7, 11) is 0. The van der Waals surface area contributed by atoms with Crippen molar-refractivity contribution in [2.75, 3.05) is 5.32 Å². The van der Waals surface area contributed by atoms with Crippen LogP contribution < -0.4 is 5.32 Å². The second kappa shape index (κ2) is 9.06. The molecule has 1 aliphatic rings. The lowest BCUT2D eigenvalue weighted by Crippen LogP contribution is -2.42. The molecule has 0 aliphatic carbocycles. The second-order valence-corrected chi connectivity index (χ2v) is 8.23. The van der Waals surface area contributed by atoms with Crippen molar-refractivity contribution in [1.82, 2.24) is 0 Å². The van der Waals surface area contributed by atoms with Crippen LogP contribution in [0.25, 0.3) is 0 Å². The number of rotatable bonds is 5. The van der Waals surface area contributed by atoms with Crippen LogP contribution in [0.15, 0.2) is 41.6 Å². The van der Waals surface area contributed by atoms with Crippen molar-refractivity contribution in [2.24, 2.45) is 5.16 Å². The Hall–Kier alpha value is -2.46. The van der Waals surface area contributed by atoms with E-state index in [0.717, 1.165) is 12.1 Å². The smallest absolute Gasteiger partial charge is 0.374 e. The molecule has 4 nitrogen and oxygen atoms in total. The van der Waals surface area contributed by atoms with Gasteiger partial charge in [0.1, 0.15) is 6.42 Å². The molecule has 3 rings (SSSR count). The molecule has 0 bridgehead atoms. The molecule has 1 atom stereocenters. The number of hydrogen-bond acceptors (Lipinski definition) is 3. The molecule has 12 heteroatoms. The third-order valence-corrected chi connectivity index (χ3v) is 5.41. The number of carbonyl (C=O) groups is 1. The molecule has 1 amide bonds. The number of hydrogen-bond donors (Lipinski definition) is 1. The van der Waals surface area contributed by atoms with E-state index in [9.17, 15) is 31.1 Å². The topological polar surface area (TPSA) is 50.7 Å². The molecular formula is C21H16Cl2F6N2O2. The zero-order chi connectivity index (χ0) is 24.6. The van der Waals surface area contributed by atoms with Gasteiger partial charge in [0.05, 0.1) is 5.71 Å². The highest BCUT2D eigenvalue weighted by molar-refractivity contribution is 6.34. The summed E-state index contributed by atoms with van der Waals surface area (Å²) >= 11 is 11.8. The summed E-state index contributed by atoms with van der Waals surface area (Å²) in [4.78, 5) is 16.7. The number of oxime groups is 1. The Morgan fingerprint density at radius 2 is 1.73 bits per heavy atom. The van der Waals surface area contributed by atoms with Gasteiger partial charge in [0.25, 0.3) is 5.60 Å². The third kappa shape index (κ3) is 5.55. The quantitative estimate of drug-likeness (QED) is 0.437. The van der Waals surface area contributed by atoms with Gasteiger partial charge in [-0.2, -0.15) is 26.3 Å². The molecule has 2 aromatic carbocycles. The number of anilines is 1. The molecule has 178 valence electrons. The number of aryl methyl sites for hydroxylation is 1. The first-order chi connectivity index (χ1) is 15.2. The van der Waals surface area contributed by atoms with Gasteiger partial charge >= 0.3 is 12.4 Å². The van der Waals surface area contributed by atoms with E-state index < -0.39 is 36.7 Å². The van der Waals surface area contributed by atoms with Gasteiger partial charge in [0, 0.05) is 33.3 Å². The van der Waals surface area contributed by atoms with E-state index in [0.29, 0.717) is 12.0 Å². The monoisotopic (exact) mass is 512 g/mol. The lowest BCUT2D eigenvalue weighted by molar-refractivity contribution is -0.275. The number of nitrogens with one attached hydrogen (secondary N) is 1. The van der Waals surface area contributed by atoms with Crippen molar-refractivity contribution in [3.63, 3.8) is 0 Å². The van der Waals surface area contributed by atoms with E-state index in [4.69, 9.17) is 28.0 Å². The molecule has 1 unspecified atom stereocenters. The van der Waals surface area contributed by atoms with Crippen LogP contribution in [0.4, 0.5) is 32.0 Å². The average molecular weight is 513 g/mol. The van der Waals surface area contributed by atoms with E-state index in [1.54, 1.807) is 6.92 Å². The molecule has 33 heavy (non-hydrogen) atoms. The summed E-state index contributed by atoms with van der Waals surface area (Å²) in [6, 6.07) is 7.63. The van der Waals surface area contributed by atoms with Gasteiger partial charge in [-0.1, -0.05) is 47.4 Å². The summed E-state index contributed by atoms with van der Waals surface area (Å²) in [5.74, 6) is -1.29. The largest absolute Gasteiger partial charge is 0.435 e. The fourth-order valence-electron chi connectivity index (χ4n) is 3.40. The highest BCUT2D eigenvalue weighted by Crippen LogP contribution is 2.49. The van der Waals surface area contributed by atoms with Gasteiger partial charge < -0.3 is 10.2 Å². The first kappa shape index (κ1) is 25.2. The van der Waals surface area contributed by atoms with E-state index >= 15 is 0 Å². The van der Waals surface area contributed by atoms with Gasteiger partial charge in [0.2, 0.25) is 5.91 Å². The number of alkyl halides is 6. The minimum Gasteiger partial charge on any atom is -0.374 e. The average Bonchev–Trinajstić information content (AvgIpc) is 3.12. The van der Waals surface area contributed by atoms with Crippen LogP contribution in [-0.4, -0.2) is 24.0 Å². The summed E-state index contributed by atoms with van der Waals surface area (Å²) in [6.07, 6.45) is -11.7. The molecule has 0 saturated heterocycles. The fourth-order valence-corrected chi connectivity index (χ4v) is 3.93. The first-order valence-electron chi connectivity index (χ1n) is 9.52. The molecule has 0 saturated carbocycles. The molecule has 1 aliphatic heterocycles. The molecule has 0 radical (unpaired) electrons. The Morgan fingerprint density at radius 3 is 2.27 bits per heavy atom. The maximum atomic E-state index is 14.1.